The molecule has 4 heteroatoms. The SMILES string of the molecule is c1ccc(N(c2ccccc2)c2ccc(-n3c4ccccc4c4cc5c(cc43)Oc3ccccc3C53c4ccccc4N(c4ccccc4)c4ccccc43)cc2)cc1. The van der Waals surface area contributed by atoms with E-state index in [0.29, 0.717) is 0 Å². The lowest BCUT2D eigenvalue weighted by Gasteiger charge is -2.48. The highest BCUT2D eigenvalue weighted by Crippen LogP contribution is 2.63. The fraction of sp³-hybridized carbons (Fsp3) is 0.0182. The topological polar surface area (TPSA) is 20.6 Å². The van der Waals surface area contributed by atoms with Crippen molar-refractivity contribution in [2.24, 2.45) is 0 Å². The number of hydrogen-bond acceptors (Lipinski definition) is 3. The van der Waals surface area contributed by atoms with Crippen LogP contribution in [0.4, 0.5) is 34.1 Å². The Labute approximate surface area is 343 Å². The number of anilines is 6. The molecule has 0 bridgehead atoms. The number of nitrogens with zero attached hydrogens (tertiary/aromatic N) is 3. The Morgan fingerprint density at radius 3 is 1.54 bits per heavy atom. The van der Waals surface area contributed by atoms with Gasteiger partial charge in [-0.25, -0.2) is 0 Å². The minimum absolute atomic E-state index is 0.653. The molecule has 1 spiro atoms. The summed E-state index contributed by atoms with van der Waals surface area (Å²) < 4.78 is 9.45. The molecule has 4 nitrogen and oxygen atoms in total. The molecule has 9 aromatic carbocycles. The van der Waals surface area contributed by atoms with Crippen molar-refractivity contribution in [1.82, 2.24) is 4.57 Å². The zero-order valence-corrected chi connectivity index (χ0v) is 32.1. The standard InChI is InChI=1S/C55H37N3O/c1-4-18-38(19-5-1)56(39-20-6-2-7-21-39)41-32-34-42(35-33-41)57-49-28-14-10-24-43(49)44-36-48-54(37-52(44)57)59-53-31-17-13-27-47(53)55(48)45-25-11-15-29-50(45)58(40-22-8-3-9-23-40)51-30-16-12-26-46(51)55/h1-37H. The molecule has 0 atom stereocenters. The lowest BCUT2D eigenvalue weighted by molar-refractivity contribution is 0.435. The molecule has 59 heavy (non-hydrogen) atoms. The van der Waals surface area contributed by atoms with Crippen LogP contribution in [0.1, 0.15) is 22.3 Å². The average Bonchev–Trinajstić information content (AvgIpc) is 3.63. The summed E-state index contributed by atoms with van der Waals surface area (Å²) in [6, 6.07) is 80.7. The van der Waals surface area contributed by atoms with Crippen molar-refractivity contribution in [2.45, 2.75) is 5.41 Å². The van der Waals surface area contributed by atoms with Gasteiger partial charge < -0.3 is 19.1 Å². The second-order valence-corrected chi connectivity index (χ2v) is 15.3. The van der Waals surface area contributed by atoms with Crippen LogP contribution in [0.2, 0.25) is 0 Å². The van der Waals surface area contributed by atoms with Crippen molar-refractivity contribution in [2.75, 3.05) is 9.80 Å². The van der Waals surface area contributed by atoms with Gasteiger partial charge in [0, 0.05) is 56.4 Å². The zero-order chi connectivity index (χ0) is 38.9. The van der Waals surface area contributed by atoms with Crippen molar-refractivity contribution < 1.29 is 4.74 Å². The molecule has 10 aromatic rings. The average molecular weight is 756 g/mol. The summed E-state index contributed by atoms with van der Waals surface area (Å²) in [4.78, 5) is 4.72. The summed E-state index contributed by atoms with van der Waals surface area (Å²) in [5.41, 5.74) is 14.1. The van der Waals surface area contributed by atoms with Crippen molar-refractivity contribution >= 4 is 55.9 Å². The second kappa shape index (κ2) is 13.1. The van der Waals surface area contributed by atoms with E-state index in [0.717, 1.165) is 73.5 Å². The van der Waals surface area contributed by atoms with E-state index >= 15 is 0 Å². The fourth-order valence-electron chi connectivity index (χ4n) is 9.81. The maximum absolute atomic E-state index is 7.06. The Balaban J connectivity index is 1.10. The van der Waals surface area contributed by atoms with E-state index in [1.807, 2.05) is 0 Å². The summed E-state index contributed by atoms with van der Waals surface area (Å²) in [5.74, 6) is 1.72. The monoisotopic (exact) mass is 755 g/mol. The fourth-order valence-corrected chi connectivity index (χ4v) is 9.81. The summed E-state index contributed by atoms with van der Waals surface area (Å²) in [5, 5.41) is 2.38. The molecule has 0 aliphatic carbocycles. The van der Waals surface area contributed by atoms with Gasteiger partial charge in [-0.05, 0) is 102 Å². The number of benzene rings is 9. The van der Waals surface area contributed by atoms with Gasteiger partial charge in [-0.2, -0.15) is 0 Å². The van der Waals surface area contributed by atoms with Crippen molar-refractivity contribution in [3.63, 3.8) is 0 Å². The Morgan fingerprint density at radius 2 is 0.881 bits per heavy atom. The molecule has 2 aliphatic rings. The Kier molecular flexibility index (Phi) is 7.41. The predicted octanol–water partition coefficient (Wildman–Crippen LogP) is 14.5. The molecule has 12 rings (SSSR count). The van der Waals surface area contributed by atoms with E-state index < -0.39 is 5.41 Å². The molecule has 2 aliphatic heterocycles. The first-order valence-electron chi connectivity index (χ1n) is 20.2. The smallest absolute Gasteiger partial charge is 0.134 e. The third-order valence-electron chi connectivity index (χ3n) is 12.2. The quantitative estimate of drug-likeness (QED) is 0.174. The van der Waals surface area contributed by atoms with Crippen molar-refractivity contribution in [3.05, 3.63) is 247 Å². The molecule has 3 heterocycles. The number of rotatable bonds is 5. The molecular weight excluding hydrogens is 719 g/mol. The molecule has 0 fully saturated rings. The summed E-state index contributed by atoms with van der Waals surface area (Å²) in [6.07, 6.45) is 0. The molecule has 0 unspecified atom stereocenters. The van der Waals surface area contributed by atoms with Gasteiger partial charge in [-0.3, -0.25) is 0 Å². The molecule has 0 saturated heterocycles. The molecule has 0 saturated carbocycles. The molecular formula is C55H37N3O. The molecule has 0 amide bonds. The minimum Gasteiger partial charge on any atom is -0.457 e. The van der Waals surface area contributed by atoms with Crippen molar-refractivity contribution in [1.29, 1.82) is 0 Å². The minimum atomic E-state index is -0.653. The first-order chi connectivity index (χ1) is 29.3. The van der Waals surface area contributed by atoms with Gasteiger partial charge in [0.05, 0.1) is 27.8 Å². The lowest BCUT2D eigenvalue weighted by Crippen LogP contribution is -2.39. The Morgan fingerprint density at radius 1 is 0.356 bits per heavy atom. The van der Waals surface area contributed by atoms with Gasteiger partial charge in [0.1, 0.15) is 11.5 Å². The summed E-state index contributed by atoms with van der Waals surface area (Å²) in [7, 11) is 0. The first kappa shape index (κ1) is 33.3. The maximum Gasteiger partial charge on any atom is 0.134 e. The van der Waals surface area contributed by atoms with Crippen LogP contribution in [0, 0.1) is 0 Å². The third-order valence-corrected chi connectivity index (χ3v) is 12.2. The maximum atomic E-state index is 7.06. The lowest BCUT2D eigenvalue weighted by atomic mass is 9.61. The zero-order valence-electron chi connectivity index (χ0n) is 32.1. The highest BCUT2D eigenvalue weighted by atomic mass is 16.5. The highest BCUT2D eigenvalue weighted by Gasteiger charge is 2.51. The van der Waals surface area contributed by atoms with E-state index in [2.05, 4.69) is 239 Å². The van der Waals surface area contributed by atoms with Crippen LogP contribution < -0.4 is 14.5 Å². The number of para-hydroxylation sites is 7. The van der Waals surface area contributed by atoms with Crippen molar-refractivity contribution in [3.8, 4) is 17.2 Å². The summed E-state index contributed by atoms with van der Waals surface area (Å²) >= 11 is 0. The van der Waals surface area contributed by atoms with E-state index in [4.69, 9.17) is 4.74 Å². The second-order valence-electron chi connectivity index (χ2n) is 15.3. The summed E-state index contributed by atoms with van der Waals surface area (Å²) in [6.45, 7) is 0. The van der Waals surface area contributed by atoms with E-state index in [-0.39, 0.29) is 0 Å². The number of hydrogen-bond donors (Lipinski definition) is 0. The number of ether oxygens (including phenoxy) is 1. The van der Waals surface area contributed by atoms with Gasteiger partial charge in [0.2, 0.25) is 0 Å². The van der Waals surface area contributed by atoms with Crippen LogP contribution in [0.15, 0.2) is 224 Å². The van der Waals surface area contributed by atoms with Crippen LogP contribution in [-0.2, 0) is 5.41 Å². The molecule has 0 radical (unpaired) electrons. The van der Waals surface area contributed by atoms with E-state index in [1.165, 1.54) is 21.9 Å². The molecule has 1 aromatic heterocycles. The van der Waals surface area contributed by atoms with Gasteiger partial charge in [-0.15, -0.1) is 0 Å². The number of fused-ring (bicyclic) bond motifs is 11. The van der Waals surface area contributed by atoms with E-state index in [1.54, 1.807) is 0 Å². The van der Waals surface area contributed by atoms with Crippen LogP contribution in [0.3, 0.4) is 0 Å². The van der Waals surface area contributed by atoms with E-state index in [9.17, 15) is 0 Å². The van der Waals surface area contributed by atoms with Gasteiger partial charge >= 0.3 is 0 Å². The van der Waals surface area contributed by atoms with Gasteiger partial charge in [0.15, 0.2) is 0 Å². The first-order valence-corrected chi connectivity index (χ1v) is 20.2. The van der Waals surface area contributed by atoms with Gasteiger partial charge in [0.25, 0.3) is 0 Å². The van der Waals surface area contributed by atoms with Gasteiger partial charge in [-0.1, -0.05) is 127 Å². The predicted molar refractivity (Wildman–Crippen MR) is 242 cm³/mol. The Hall–Kier alpha value is -7.82. The van der Waals surface area contributed by atoms with Crippen LogP contribution >= 0.6 is 0 Å². The van der Waals surface area contributed by atoms with Crippen LogP contribution in [-0.4, -0.2) is 4.57 Å². The molecule has 0 N–H and O–H groups in total. The third kappa shape index (κ3) is 4.90. The molecule has 278 valence electrons. The normalized spacial score (nSPS) is 13.3. The van der Waals surface area contributed by atoms with Crippen LogP contribution in [0.5, 0.6) is 11.5 Å². The number of aromatic nitrogens is 1. The van der Waals surface area contributed by atoms with Crippen LogP contribution in [0.25, 0.3) is 27.5 Å². The Bertz CT molecular complexity index is 3100. The largest absolute Gasteiger partial charge is 0.457 e. The highest BCUT2D eigenvalue weighted by molar-refractivity contribution is 6.10.